The quantitative estimate of drug-likeness (QED) is 0.652. The van der Waals surface area contributed by atoms with Crippen molar-refractivity contribution in [2.75, 3.05) is 5.32 Å². The van der Waals surface area contributed by atoms with E-state index in [0.717, 1.165) is 12.1 Å². The van der Waals surface area contributed by atoms with Crippen LogP contribution in [0.1, 0.15) is 15.9 Å². The van der Waals surface area contributed by atoms with Gasteiger partial charge in [-0.3, -0.25) is 10.1 Å². The Hall–Kier alpha value is -2.96. The number of nitrogens with one attached hydrogen (secondary N) is 1. The summed E-state index contributed by atoms with van der Waals surface area (Å²) in [5.41, 5.74) is 0.355. The average molecular weight is 290 g/mol. The van der Waals surface area contributed by atoms with Crippen molar-refractivity contribution >= 4 is 17.3 Å². The largest absolute Gasteiger partial charge is 0.478 e. The molecule has 0 radical (unpaired) electrons. The highest BCUT2D eigenvalue weighted by Gasteiger charge is 2.16. The zero-order valence-corrected chi connectivity index (χ0v) is 10.7. The van der Waals surface area contributed by atoms with E-state index >= 15 is 0 Å². The number of carbonyl (C=O) groups is 1. The molecular weight excluding hydrogens is 279 g/mol. The van der Waals surface area contributed by atoms with E-state index in [-0.39, 0.29) is 23.5 Å². The molecule has 0 atom stereocenters. The summed E-state index contributed by atoms with van der Waals surface area (Å²) in [5.74, 6) is -1.60. The number of rotatable bonds is 5. The third kappa shape index (κ3) is 3.53. The predicted molar refractivity (Wildman–Crippen MR) is 73.8 cm³/mol. The van der Waals surface area contributed by atoms with Crippen molar-refractivity contribution in [3.8, 4) is 0 Å². The van der Waals surface area contributed by atoms with E-state index in [9.17, 15) is 19.3 Å². The highest BCUT2D eigenvalue weighted by atomic mass is 19.1. The van der Waals surface area contributed by atoms with Gasteiger partial charge < -0.3 is 10.4 Å². The molecule has 7 heteroatoms. The zero-order chi connectivity index (χ0) is 15.4. The number of halogens is 1. The monoisotopic (exact) mass is 290 g/mol. The number of anilines is 1. The molecule has 108 valence electrons. The van der Waals surface area contributed by atoms with Crippen LogP contribution >= 0.6 is 0 Å². The van der Waals surface area contributed by atoms with E-state index in [1.807, 2.05) is 0 Å². The van der Waals surface area contributed by atoms with Gasteiger partial charge in [0.2, 0.25) is 0 Å². The number of carboxylic acids is 1. The van der Waals surface area contributed by atoms with Gasteiger partial charge in [0.1, 0.15) is 11.5 Å². The molecule has 6 nitrogen and oxygen atoms in total. The minimum absolute atomic E-state index is 0.0673. The van der Waals surface area contributed by atoms with Gasteiger partial charge in [0.15, 0.2) is 0 Å². The van der Waals surface area contributed by atoms with Crippen LogP contribution in [0.25, 0.3) is 0 Å². The minimum atomic E-state index is -1.18. The summed E-state index contributed by atoms with van der Waals surface area (Å²) in [6.07, 6.45) is 0. The molecule has 0 unspecified atom stereocenters. The topological polar surface area (TPSA) is 92.5 Å². The van der Waals surface area contributed by atoms with Crippen molar-refractivity contribution in [1.82, 2.24) is 0 Å². The minimum Gasteiger partial charge on any atom is -0.478 e. The number of nitro benzene ring substituents is 1. The molecule has 0 heterocycles. The fraction of sp³-hybridized carbons (Fsp3) is 0.0714. The summed E-state index contributed by atoms with van der Waals surface area (Å²) < 4.78 is 13.1. The molecule has 2 rings (SSSR count). The molecule has 0 aliphatic heterocycles. The third-order valence-corrected chi connectivity index (χ3v) is 2.81. The van der Waals surface area contributed by atoms with Crippen molar-refractivity contribution in [2.24, 2.45) is 0 Å². The molecule has 0 saturated carbocycles. The number of benzene rings is 2. The summed E-state index contributed by atoms with van der Waals surface area (Å²) in [5, 5.41) is 22.6. The molecule has 2 N–H and O–H groups in total. The maximum absolute atomic E-state index is 13.1. The SMILES string of the molecule is O=C(O)c1ccc([N+](=O)[O-])c(NCc2cccc(F)c2)c1. The summed E-state index contributed by atoms with van der Waals surface area (Å²) in [6.45, 7) is 0.141. The van der Waals surface area contributed by atoms with E-state index < -0.39 is 16.7 Å². The third-order valence-electron chi connectivity index (χ3n) is 2.81. The Labute approximate surface area is 119 Å². The highest BCUT2D eigenvalue weighted by Crippen LogP contribution is 2.26. The smallest absolute Gasteiger partial charge is 0.335 e. The molecule has 2 aromatic carbocycles. The van der Waals surface area contributed by atoms with E-state index in [1.54, 1.807) is 6.07 Å². The average Bonchev–Trinajstić information content (AvgIpc) is 2.44. The fourth-order valence-corrected chi connectivity index (χ4v) is 1.81. The van der Waals surface area contributed by atoms with Crippen LogP contribution in [0, 0.1) is 15.9 Å². The van der Waals surface area contributed by atoms with Crippen molar-refractivity contribution in [3.63, 3.8) is 0 Å². The maximum Gasteiger partial charge on any atom is 0.335 e. The van der Waals surface area contributed by atoms with Crippen molar-refractivity contribution in [1.29, 1.82) is 0 Å². The first-order valence-electron chi connectivity index (χ1n) is 5.97. The maximum atomic E-state index is 13.1. The van der Waals surface area contributed by atoms with E-state index in [2.05, 4.69) is 5.32 Å². The Morgan fingerprint density at radius 3 is 2.67 bits per heavy atom. The second kappa shape index (κ2) is 6.00. The zero-order valence-electron chi connectivity index (χ0n) is 10.7. The van der Waals surface area contributed by atoms with Crippen LogP contribution in [-0.4, -0.2) is 16.0 Å². The first kappa shape index (κ1) is 14.4. The summed E-state index contributed by atoms with van der Waals surface area (Å²) >= 11 is 0. The van der Waals surface area contributed by atoms with Crippen molar-refractivity contribution in [2.45, 2.75) is 6.54 Å². The molecular formula is C14H11FN2O4. The summed E-state index contributed by atoms with van der Waals surface area (Å²) in [6, 6.07) is 9.22. The normalized spacial score (nSPS) is 10.1. The molecule has 0 saturated heterocycles. The van der Waals surface area contributed by atoms with Crippen molar-refractivity contribution in [3.05, 3.63) is 69.5 Å². The summed E-state index contributed by atoms with van der Waals surface area (Å²) in [4.78, 5) is 21.2. The van der Waals surface area contributed by atoms with Gasteiger partial charge in [-0.05, 0) is 29.8 Å². The van der Waals surface area contributed by atoms with E-state index in [0.29, 0.717) is 5.56 Å². The fourth-order valence-electron chi connectivity index (χ4n) is 1.81. The molecule has 21 heavy (non-hydrogen) atoms. The van der Waals surface area contributed by atoms with Gasteiger partial charge in [-0.1, -0.05) is 12.1 Å². The van der Waals surface area contributed by atoms with Crippen LogP contribution in [0.5, 0.6) is 0 Å². The standard InChI is InChI=1S/C14H11FN2O4/c15-11-3-1-2-9(6-11)8-16-12-7-10(14(18)19)4-5-13(12)17(20)21/h1-7,16H,8H2,(H,18,19). The van der Waals surface area contributed by atoms with Crippen LogP contribution < -0.4 is 5.32 Å². The lowest BCUT2D eigenvalue weighted by molar-refractivity contribution is -0.384. The lowest BCUT2D eigenvalue weighted by Gasteiger charge is -2.08. The first-order chi connectivity index (χ1) is 9.97. The second-order valence-electron chi connectivity index (χ2n) is 4.28. The number of hydrogen-bond acceptors (Lipinski definition) is 4. The molecule has 0 aliphatic rings. The van der Waals surface area contributed by atoms with Gasteiger partial charge in [0.25, 0.3) is 5.69 Å². The molecule has 0 aliphatic carbocycles. The predicted octanol–water partition coefficient (Wildman–Crippen LogP) is 3.04. The lowest BCUT2D eigenvalue weighted by atomic mass is 10.1. The van der Waals surface area contributed by atoms with Gasteiger partial charge in [-0.15, -0.1) is 0 Å². The van der Waals surface area contributed by atoms with Crippen LogP contribution in [0.3, 0.4) is 0 Å². The van der Waals surface area contributed by atoms with Crippen LogP contribution in [-0.2, 0) is 6.54 Å². The van der Waals surface area contributed by atoms with Crippen LogP contribution in [0.2, 0.25) is 0 Å². The molecule has 2 aromatic rings. The Kier molecular flexibility index (Phi) is 4.13. The number of hydrogen-bond donors (Lipinski definition) is 2. The highest BCUT2D eigenvalue weighted by molar-refractivity contribution is 5.90. The van der Waals surface area contributed by atoms with Crippen molar-refractivity contribution < 1.29 is 19.2 Å². The Balaban J connectivity index is 2.26. The first-order valence-corrected chi connectivity index (χ1v) is 5.97. The number of carboxylic acid groups (broad SMARTS) is 1. The van der Waals surface area contributed by atoms with Gasteiger partial charge in [-0.25, -0.2) is 9.18 Å². The van der Waals surface area contributed by atoms with Gasteiger partial charge in [0.05, 0.1) is 10.5 Å². The van der Waals surface area contributed by atoms with E-state index in [4.69, 9.17) is 5.11 Å². The Bertz CT molecular complexity index is 703. The lowest BCUT2D eigenvalue weighted by Crippen LogP contribution is -2.05. The van der Waals surface area contributed by atoms with Gasteiger partial charge >= 0.3 is 5.97 Å². The molecule has 0 spiro atoms. The number of aromatic carboxylic acids is 1. The molecule has 0 aromatic heterocycles. The van der Waals surface area contributed by atoms with Crippen LogP contribution in [0.15, 0.2) is 42.5 Å². The Morgan fingerprint density at radius 2 is 2.05 bits per heavy atom. The number of nitro groups is 1. The van der Waals surface area contributed by atoms with Crippen LogP contribution in [0.4, 0.5) is 15.8 Å². The summed E-state index contributed by atoms with van der Waals surface area (Å²) in [7, 11) is 0. The van der Waals surface area contributed by atoms with E-state index in [1.165, 1.54) is 24.3 Å². The Morgan fingerprint density at radius 1 is 1.29 bits per heavy atom. The second-order valence-corrected chi connectivity index (χ2v) is 4.28. The molecule has 0 bridgehead atoms. The molecule has 0 fully saturated rings. The molecule has 0 amide bonds. The van der Waals surface area contributed by atoms with Gasteiger partial charge in [-0.2, -0.15) is 0 Å². The van der Waals surface area contributed by atoms with Gasteiger partial charge in [0, 0.05) is 12.6 Å². The number of nitrogens with zero attached hydrogens (tertiary/aromatic N) is 1.